The van der Waals surface area contributed by atoms with Gasteiger partial charge in [0.25, 0.3) is 0 Å². The summed E-state index contributed by atoms with van der Waals surface area (Å²) in [4.78, 5) is 18.5. The molecule has 2 rings (SSSR count). The number of carbonyl (C=O) groups excluding carboxylic acids is 1. The number of pyridine rings is 1. The van der Waals surface area contributed by atoms with Crippen molar-refractivity contribution in [3.05, 3.63) is 59.3 Å². The maximum absolute atomic E-state index is 13.7. The standard InChI is InChI=1S/C19H24F2N4O/c1-4-25(5-2)18-9-6-14(11-22-18)12-23-19(26)24-13(3)16-8-7-15(20)10-17(16)21/h6-11,13H,4-5,12H2,1-3H3,(H2,23,24,26). The molecule has 0 radical (unpaired) electrons. The van der Waals surface area contributed by atoms with E-state index in [2.05, 4.69) is 34.4 Å². The largest absolute Gasteiger partial charge is 0.357 e. The van der Waals surface area contributed by atoms with Crippen molar-refractivity contribution in [2.45, 2.75) is 33.4 Å². The second-order valence-corrected chi connectivity index (χ2v) is 5.91. The summed E-state index contributed by atoms with van der Waals surface area (Å²) in [5.74, 6) is -0.443. The lowest BCUT2D eigenvalue weighted by Gasteiger charge is -2.19. The van der Waals surface area contributed by atoms with Crippen LogP contribution in [0.5, 0.6) is 0 Å². The van der Waals surface area contributed by atoms with E-state index in [-0.39, 0.29) is 5.56 Å². The van der Waals surface area contributed by atoms with E-state index in [1.54, 1.807) is 13.1 Å². The number of hydrogen-bond donors (Lipinski definition) is 2. The molecule has 0 aliphatic rings. The highest BCUT2D eigenvalue weighted by atomic mass is 19.1. The summed E-state index contributed by atoms with van der Waals surface area (Å²) >= 11 is 0. The molecule has 140 valence electrons. The predicted molar refractivity (Wildman–Crippen MR) is 97.9 cm³/mol. The lowest BCUT2D eigenvalue weighted by Crippen LogP contribution is -2.37. The normalized spacial score (nSPS) is 11.7. The maximum Gasteiger partial charge on any atom is 0.315 e. The first-order valence-corrected chi connectivity index (χ1v) is 8.63. The van der Waals surface area contributed by atoms with Gasteiger partial charge in [0.05, 0.1) is 6.04 Å². The molecule has 0 fully saturated rings. The van der Waals surface area contributed by atoms with Gasteiger partial charge in [-0.1, -0.05) is 12.1 Å². The molecule has 2 N–H and O–H groups in total. The Morgan fingerprint density at radius 3 is 2.50 bits per heavy atom. The van der Waals surface area contributed by atoms with Crippen LogP contribution in [-0.2, 0) is 6.54 Å². The van der Waals surface area contributed by atoms with Crippen molar-refractivity contribution in [1.82, 2.24) is 15.6 Å². The predicted octanol–water partition coefficient (Wildman–Crippen LogP) is 3.77. The van der Waals surface area contributed by atoms with Crippen molar-refractivity contribution in [2.24, 2.45) is 0 Å². The SMILES string of the molecule is CCN(CC)c1ccc(CNC(=O)NC(C)c2ccc(F)cc2F)cn1. The number of amides is 2. The Morgan fingerprint density at radius 2 is 1.92 bits per heavy atom. The molecule has 5 nitrogen and oxygen atoms in total. The van der Waals surface area contributed by atoms with Crippen molar-refractivity contribution >= 4 is 11.8 Å². The number of carbonyl (C=O) groups is 1. The summed E-state index contributed by atoms with van der Waals surface area (Å²) in [6, 6.07) is 6.09. The molecule has 1 aromatic heterocycles. The molecule has 0 spiro atoms. The van der Waals surface area contributed by atoms with Gasteiger partial charge in [-0.05, 0) is 38.5 Å². The zero-order valence-corrected chi connectivity index (χ0v) is 15.2. The molecule has 7 heteroatoms. The summed E-state index contributed by atoms with van der Waals surface area (Å²) < 4.78 is 26.7. The molecule has 1 unspecified atom stereocenters. The van der Waals surface area contributed by atoms with E-state index in [4.69, 9.17) is 0 Å². The monoisotopic (exact) mass is 362 g/mol. The van der Waals surface area contributed by atoms with E-state index in [9.17, 15) is 13.6 Å². The fourth-order valence-corrected chi connectivity index (χ4v) is 2.62. The van der Waals surface area contributed by atoms with E-state index in [0.29, 0.717) is 6.54 Å². The maximum atomic E-state index is 13.7. The first-order valence-electron chi connectivity index (χ1n) is 8.63. The molecule has 0 bridgehead atoms. The highest BCUT2D eigenvalue weighted by molar-refractivity contribution is 5.74. The van der Waals surface area contributed by atoms with Crippen molar-refractivity contribution < 1.29 is 13.6 Å². The Kier molecular flexibility index (Phi) is 6.89. The number of aromatic nitrogens is 1. The van der Waals surface area contributed by atoms with Gasteiger partial charge in [-0.15, -0.1) is 0 Å². The van der Waals surface area contributed by atoms with Gasteiger partial charge in [0, 0.05) is 37.5 Å². The van der Waals surface area contributed by atoms with Crippen LogP contribution in [0.15, 0.2) is 36.5 Å². The minimum Gasteiger partial charge on any atom is -0.357 e. The number of benzene rings is 1. The molecule has 1 aromatic carbocycles. The quantitative estimate of drug-likeness (QED) is 0.788. The number of rotatable bonds is 7. The number of hydrogen-bond acceptors (Lipinski definition) is 3. The van der Waals surface area contributed by atoms with Crippen LogP contribution in [0.1, 0.15) is 37.9 Å². The Morgan fingerprint density at radius 1 is 1.19 bits per heavy atom. The van der Waals surface area contributed by atoms with Gasteiger partial charge in [0.15, 0.2) is 0 Å². The van der Waals surface area contributed by atoms with Gasteiger partial charge in [-0.2, -0.15) is 0 Å². The highest BCUT2D eigenvalue weighted by Crippen LogP contribution is 2.17. The third kappa shape index (κ3) is 5.15. The van der Waals surface area contributed by atoms with E-state index >= 15 is 0 Å². The van der Waals surface area contributed by atoms with Crippen LogP contribution < -0.4 is 15.5 Å². The fourth-order valence-electron chi connectivity index (χ4n) is 2.62. The van der Waals surface area contributed by atoms with E-state index < -0.39 is 23.7 Å². The number of nitrogens with one attached hydrogen (secondary N) is 2. The zero-order chi connectivity index (χ0) is 19.1. The lowest BCUT2D eigenvalue weighted by molar-refractivity contribution is 0.237. The van der Waals surface area contributed by atoms with Crippen LogP contribution in [0.3, 0.4) is 0 Å². The van der Waals surface area contributed by atoms with Crippen molar-refractivity contribution in [3.63, 3.8) is 0 Å². The topological polar surface area (TPSA) is 57.3 Å². The van der Waals surface area contributed by atoms with Crippen molar-refractivity contribution in [3.8, 4) is 0 Å². The van der Waals surface area contributed by atoms with Crippen LogP contribution in [0.2, 0.25) is 0 Å². The third-order valence-electron chi connectivity index (χ3n) is 4.13. The molecule has 0 saturated heterocycles. The molecule has 1 heterocycles. The highest BCUT2D eigenvalue weighted by Gasteiger charge is 2.14. The van der Waals surface area contributed by atoms with Gasteiger partial charge in [0.1, 0.15) is 17.5 Å². The molecule has 0 saturated carbocycles. The van der Waals surface area contributed by atoms with Gasteiger partial charge in [-0.3, -0.25) is 0 Å². The summed E-state index contributed by atoms with van der Waals surface area (Å²) in [6.07, 6.45) is 1.72. The third-order valence-corrected chi connectivity index (χ3v) is 4.13. The molecular weight excluding hydrogens is 338 g/mol. The first-order chi connectivity index (χ1) is 12.4. The molecule has 26 heavy (non-hydrogen) atoms. The average Bonchev–Trinajstić information content (AvgIpc) is 2.62. The lowest BCUT2D eigenvalue weighted by atomic mass is 10.1. The number of anilines is 1. The Bertz CT molecular complexity index is 733. The summed E-state index contributed by atoms with van der Waals surface area (Å²) in [7, 11) is 0. The molecule has 2 amide bonds. The smallest absolute Gasteiger partial charge is 0.315 e. The summed E-state index contributed by atoms with van der Waals surface area (Å²) in [5.41, 5.74) is 1.09. The first kappa shape index (κ1) is 19.6. The van der Waals surface area contributed by atoms with E-state index in [0.717, 1.165) is 36.6 Å². The van der Waals surface area contributed by atoms with E-state index in [1.807, 2.05) is 12.1 Å². The van der Waals surface area contributed by atoms with Crippen LogP contribution in [0.4, 0.5) is 19.4 Å². The Labute approximate surface area is 152 Å². The number of urea groups is 1. The fraction of sp³-hybridized carbons (Fsp3) is 0.368. The Balaban J connectivity index is 1.88. The zero-order valence-electron chi connectivity index (χ0n) is 15.2. The van der Waals surface area contributed by atoms with Gasteiger partial charge in [-0.25, -0.2) is 18.6 Å². The van der Waals surface area contributed by atoms with Crippen LogP contribution in [-0.4, -0.2) is 24.1 Å². The molecular formula is C19H24F2N4O. The second-order valence-electron chi connectivity index (χ2n) is 5.91. The summed E-state index contributed by atoms with van der Waals surface area (Å²) in [6.45, 7) is 7.82. The molecule has 0 aliphatic heterocycles. The minimum absolute atomic E-state index is 0.229. The van der Waals surface area contributed by atoms with Crippen LogP contribution >= 0.6 is 0 Å². The minimum atomic E-state index is -0.686. The average molecular weight is 362 g/mol. The number of nitrogens with zero attached hydrogens (tertiary/aromatic N) is 2. The Hall–Kier alpha value is -2.70. The van der Waals surface area contributed by atoms with Crippen LogP contribution in [0, 0.1) is 11.6 Å². The molecule has 1 atom stereocenters. The molecule has 0 aliphatic carbocycles. The van der Waals surface area contributed by atoms with E-state index in [1.165, 1.54) is 6.07 Å². The van der Waals surface area contributed by atoms with Crippen molar-refractivity contribution in [1.29, 1.82) is 0 Å². The van der Waals surface area contributed by atoms with Crippen LogP contribution in [0.25, 0.3) is 0 Å². The van der Waals surface area contributed by atoms with Gasteiger partial charge < -0.3 is 15.5 Å². The summed E-state index contributed by atoms with van der Waals surface area (Å²) in [5, 5.41) is 5.34. The molecule has 2 aromatic rings. The van der Waals surface area contributed by atoms with Gasteiger partial charge >= 0.3 is 6.03 Å². The van der Waals surface area contributed by atoms with Crippen molar-refractivity contribution in [2.75, 3.05) is 18.0 Å². The number of halogens is 2. The van der Waals surface area contributed by atoms with Gasteiger partial charge in [0.2, 0.25) is 0 Å². The second kappa shape index (κ2) is 9.12.